The van der Waals surface area contributed by atoms with Crippen molar-refractivity contribution in [2.45, 2.75) is 6.92 Å². The van der Waals surface area contributed by atoms with E-state index in [2.05, 4.69) is 10.3 Å². The number of amides is 1. The maximum Gasteiger partial charge on any atom is 0.240 e. The van der Waals surface area contributed by atoms with Crippen molar-refractivity contribution < 1.29 is 4.79 Å². The van der Waals surface area contributed by atoms with Crippen LogP contribution >= 0.6 is 11.3 Å². The summed E-state index contributed by atoms with van der Waals surface area (Å²) in [5.74, 6) is -0.0553. The minimum absolute atomic E-state index is 0.0553. The number of anilines is 1. The molecule has 0 saturated heterocycles. The predicted octanol–water partition coefficient (Wildman–Crippen LogP) is 0.281. The number of nitrogens with one attached hydrogen (secondary N) is 1. The van der Waals surface area contributed by atoms with Gasteiger partial charge in [-0.15, -0.1) is 11.3 Å². The molecule has 0 atom stereocenters. The molecular weight excluding hydrogens is 212 g/mol. The van der Waals surface area contributed by atoms with E-state index in [-0.39, 0.29) is 5.91 Å². The van der Waals surface area contributed by atoms with E-state index in [1.807, 2.05) is 24.3 Å². The highest BCUT2D eigenvalue weighted by Gasteiger charge is 2.07. The van der Waals surface area contributed by atoms with Crippen LogP contribution in [0.25, 0.3) is 0 Å². The molecule has 0 fully saturated rings. The van der Waals surface area contributed by atoms with Gasteiger partial charge < -0.3 is 11.1 Å². The highest BCUT2D eigenvalue weighted by molar-refractivity contribution is 7.13. The molecule has 1 rings (SSSR count). The minimum Gasteiger partial charge on any atom is -0.329 e. The second-order valence-corrected chi connectivity index (χ2v) is 4.23. The van der Waals surface area contributed by atoms with Crippen LogP contribution in [0, 0.1) is 6.92 Å². The molecule has 1 heterocycles. The van der Waals surface area contributed by atoms with E-state index in [4.69, 9.17) is 5.73 Å². The number of nitrogens with zero attached hydrogens (tertiary/aromatic N) is 2. The standard InChI is InChI=1S/C9H16N4OS/c1-7-6-15-9(11-7)12-8(14)5-13(2)4-3-10/h6H,3-5,10H2,1-2H3,(H,11,12,14). The molecule has 0 aliphatic rings. The quantitative estimate of drug-likeness (QED) is 0.759. The Bertz CT molecular complexity index is 326. The summed E-state index contributed by atoms with van der Waals surface area (Å²) in [5, 5.41) is 5.29. The molecule has 1 aromatic rings. The smallest absolute Gasteiger partial charge is 0.240 e. The van der Waals surface area contributed by atoms with Crippen LogP contribution in [0.15, 0.2) is 5.38 Å². The van der Waals surface area contributed by atoms with Crippen LogP contribution in [0.4, 0.5) is 5.13 Å². The number of likely N-dealkylation sites (N-methyl/N-ethyl adjacent to an activating group) is 1. The number of carbonyl (C=O) groups is 1. The number of thiazole rings is 1. The number of hydrogen-bond donors (Lipinski definition) is 2. The van der Waals surface area contributed by atoms with Gasteiger partial charge in [-0.25, -0.2) is 4.98 Å². The van der Waals surface area contributed by atoms with Crippen molar-refractivity contribution in [2.24, 2.45) is 5.73 Å². The Morgan fingerprint density at radius 3 is 3.00 bits per heavy atom. The van der Waals surface area contributed by atoms with E-state index < -0.39 is 0 Å². The van der Waals surface area contributed by atoms with E-state index in [0.717, 1.165) is 5.69 Å². The van der Waals surface area contributed by atoms with Gasteiger partial charge in [0, 0.05) is 18.5 Å². The number of aromatic nitrogens is 1. The van der Waals surface area contributed by atoms with Crippen LogP contribution in [0.1, 0.15) is 5.69 Å². The van der Waals surface area contributed by atoms with Gasteiger partial charge in [-0.05, 0) is 14.0 Å². The van der Waals surface area contributed by atoms with Crippen molar-refractivity contribution in [3.8, 4) is 0 Å². The van der Waals surface area contributed by atoms with Gasteiger partial charge >= 0.3 is 0 Å². The monoisotopic (exact) mass is 228 g/mol. The molecule has 6 heteroatoms. The van der Waals surface area contributed by atoms with Crippen molar-refractivity contribution in [1.82, 2.24) is 9.88 Å². The summed E-state index contributed by atoms with van der Waals surface area (Å²) in [4.78, 5) is 17.5. The molecule has 0 bridgehead atoms. The zero-order chi connectivity index (χ0) is 11.3. The molecule has 0 radical (unpaired) electrons. The Kier molecular flexibility index (Phi) is 4.67. The molecule has 0 aliphatic heterocycles. The molecule has 1 amide bonds. The minimum atomic E-state index is -0.0553. The van der Waals surface area contributed by atoms with Crippen molar-refractivity contribution >= 4 is 22.4 Å². The maximum absolute atomic E-state index is 11.5. The van der Waals surface area contributed by atoms with E-state index in [1.54, 1.807) is 0 Å². The molecule has 0 aliphatic carbocycles. The SMILES string of the molecule is Cc1csc(NC(=O)CN(C)CCN)n1. The van der Waals surface area contributed by atoms with Gasteiger partial charge in [-0.3, -0.25) is 9.69 Å². The lowest BCUT2D eigenvalue weighted by molar-refractivity contribution is -0.117. The van der Waals surface area contributed by atoms with Crippen LogP contribution in [0.2, 0.25) is 0 Å². The van der Waals surface area contributed by atoms with Gasteiger partial charge in [0.15, 0.2) is 5.13 Å². The molecule has 15 heavy (non-hydrogen) atoms. The highest BCUT2D eigenvalue weighted by Crippen LogP contribution is 2.13. The van der Waals surface area contributed by atoms with Gasteiger partial charge in [0.25, 0.3) is 0 Å². The molecule has 0 spiro atoms. The third-order valence-corrected chi connectivity index (χ3v) is 2.67. The van der Waals surface area contributed by atoms with Crippen LogP contribution < -0.4 is 11.1 Å². The summed E-state index contributed by atoms with van der Waals surface area (Å²) < 4.78 is 0. The van der Waals surface area contributed by atoms with Crippen molar-refractivity contribution in [3.63, 3.8) is 0 Å². The summed E-state index contributed by atoms with van der Waals surface area (Å²) in [6.07, 6.45) is 0. The topological polar surface area (TPSA) is 71.2 Å². The average molecular weight is 228 g/mol. The molecular formula is C9H16N4OS. The highest BCUT2D eigenvalue weighted by atomic mass is 32.1. The largest absolute Gasteiger partial charge is 0.329 e. The zero-order valence-electron chi connectivity index (χ0n) is 8.99. The summed E-state index contributed by atoms with van der Waals surface area (Å²) in [7, 11) is 1.86. The summed E-state index contributed by atoms with van der Waals surface area (Å²) in [6.45, 7) is 3.51. The Morgan fingerprint density at radius 1 is 1.73 bits per heavy atom. The fourth-order valence-electron chi connectivity index (χ4n) is 1.11. The molecule has 0 unspecified atom stereocenters. The van der Waals surface area contributed by atoms with Crippen LogP contribution in [0.3, 0.4) is 0 Å². The third-order valence-electron chi connectivity index (χ3n) is 1.79. The zero-order valence-corrected chi connectivity index (χ0v) is 9.80. The fraction of sp³-hybridized carbons (Fsp3) is 0.556. The Hall–Kier alpha value is -0.980. The lowest BCUT2D eigenvalue weighted by atomic mass is 10.5. The molecule has 84 valence electrons. The number of rotatable bonds is 5. The number of carbonyl (C=O) groups excluding carboxylic acids is 1. The number of hydrogen-bond acceptors (Lipinski definition) is 5. The van der Waals surface area contributed by atoms with Gasteiger partial charge in [0.2, 0.25) is 5.91 Å². The van der Waals surface area contributed by atoms with E-state index in [1.165, 1.54) is 11.3 Å². The molecule has 5 nitrogen and oxygen atoms in total. The molecule has 3 N–H and O–H groups in total. The lowest BCUT2D eigenvalue weighted by Gasteiger charge is -2.13. The second-order valence-electron chi connectivity index (χ2n) is 3.37. The lowest BCUT2D eigenvalue weighted by Crippen LogP contribution is -2.33. The number of nitrogens with two attached hydrogens (primary N) is 1. The van der Waals surface area contributed by atoms with Gasteiger partial charge in [-0.2, -0.15) is 0 Å². The maximum atomic E-state index is 11.5. The summed E-state index contributed by atoms with van der Waals surface area (Å²) in [5.41, 5.74) is 6.30. The van der Waals surface area contributed by atoms with Crippen LogP contribution in [0.5, 0.6) is 0 Å². The number of aryl methyl sites for hydroxylation is 1. The first-order valence-electron chi connectivity index (χ1n) is 4.72. The summed E-state index contributed by atoms with van der Waals surface area (Å²) in [6, 6.07) is 0. The van der Waals surface area contributed by atoms with E-state index >= 15 is 0 Å². The summed E-state index contributed by atoms with van der Waals surface area (Å²) >= 11 is 1.43. The van der Waals surface area contributed by atoms with Crippen molar-refractivity contribution in [1.29, 1.82) is 0 Å². The molecule has 0 aromatic carbocycles. The fourth-order valence-corrected chi connectivity index (χ4v) is 1.82. The van der Waals surface area contributed by atoms with Gasteiger partial charge in [0.1, 0.15) is 0 Å². The van der Waals surface area contributed by atoms with Gasteiger partial charge in [-0.1, -0.05) is 0 Å². The predicted molar refractivity (Wildman–Crippen MR) is 62.0 cm³/mol. The average Bonchev–Trinajstić information content (AvgIpc) is 2.51. The van der Waals surface area contributed by atoms with Crippen molar-refractivity contribution in [2.75, 3.05) is 32.0 Å². The first-order chi connectivity index (χ1) is 7.11. The molecule has 0 saturated carbocycles. The van der Waals surface area contributed by atoms with Crippen LogP contribution in [-0.4, -0.2) is 42.5 Å². The Balaban J connectivity index is 2.36. The second kappa shape index (κ2) is 5.79. The Morgan fingerprint density at radius 2 is 2.47 bits per heavy atom. The van der Waals surface area contributed by atoms with Crippen LogP contribution in [-0.2, 0) is 4.79 Å². The van der Waals surface area contributed by atoms with E-state index in [0.29, 0.717) is 24.8 Å². The Labute approximate surface area is 93.3 Å². The normalized spacial score (nSPS) is 10.7. The molecule has 1 aromatic heterocycles. The van der Waals surface area contributed by atoms with Crippen molar-refractivity contribution in [3.05, 3.63) is 11.1 Å². The third kappa shape index (κ3) is 4.37. The first kappa shape index (κ1) is 12.1. The van der Waals surface area contributed by atoms with E-state index in [9.17, 15) is 4.79 Å². The van der Waals surface area contributed by atoms with Gasteiger partial charge in [0.05, 0.1) is 12.2 Å². The first-order valence-corrected chi connectivity index (χ1v) is 5.60.